The van der Waals surface area contributed by atoms with Gasteiger partial charge in [0, 0.05) is 0 Å². The van der Waals surface area contributed by atoms with E-state index in [-0.39, 0.29) is 0 Å². The van der Waals surface area contributed by atoms with E-state index in [0.29, 0.717) is 0 Å². The van der Waals surface area contributed by atoms with Crippen LogP contribution >= 0.6 is 0 Å². The Labute approximate surface area is 134 Å². The number of hydrogen-bond acceptors (Lipinski definition) is 1. The van der Waals surface area contributed by atoms with Crippen molar-refractivity contribution in [1.82, 2.24) is 0 Å². The molecular formula is C20H22OSi. The van der Waals surface area contributed by atoms with Crippen LogP contribution in [0, 0.1) is 0 Å². The first-order valence-electron chi connectivity index (χ1n) is 7.83. The second kappa shape index (κ2) is 6.07. The minimum atomic E-state index is -2.18. The fourth-order valence-electron chi connectivity index (χ4n) is 3.41. The monoisotopic (exact) mass is 306 g/mol. The molecule has 1 aliphatic heterocycles. The predicted molar refractivity (Wildman–Crippen MR) is 95.5 cm³/mol. The van der Waals surface area contributed by atoms with Gasteiger partial charge < -0.3 is 4.43 Å². The highest BCUT2D eigenvalue weighted by atomic mass is 28.4. The summed E-state index contributed by atoms with van der Waals surface area (Å²) in [5.74, 6) is 0. The van der Waals surface area contributed by atoms with Crippen LogP contribution in [-0.2, 0) is 10.0 Å². The van der Waals surface area contributed by atoms with Gasteiger partial charge in [-0.25, -0.2) is 0 Å². The molecule has 0 aromatic heterocycles. The van der Waals surface area contributed by atoms with Crippen LogP contribution in [0.5, 0.6) is 0 Å². The van der Waals surface area contributed by atoms with Gasteiger partial charge in [0.05, 0.1) is 0 Å². The molecule has 1 saturated heterocycles. The van der Waals surface area contributed by atoms with Crippen molar-refractivity contribution in [3.63, 3.8) is 0 Å². The molecule has 0 bridgehead atoms. The summed E-state index contributed by atoms with van der Waals surface area (Å²) in [5, 5.41) is 1.30. The van der Waals surface area contributed by atoms with Crippen molar-refractivity contribution in [2.24, 2.45) is 0 Å². The van der Waals surface area contributed by atoms with Crippen molar-refractivity contribution >= 4 is 13.5 Å². The summed E-state index contributed by atoms with van der Waals surface area (Å²) in [6.45, 7) is 8.22. The smallest absolute Gasteiger partial charge is 0.249 e. The molecular weight excluding hydrogens is 284 g/mol. The molecule has 2 unspecified atom stereocenters. The predicted octanol–water partition coefficient (Wildman–Crippen LogP) is 4.46. The fraction of sp³-hybridized carbons (Fsp3) is 0.200. The van der Waals surface area contributed by atoms with Gasteiger partial charge in [-0.3, -0.25) is 0 Å². The van der Waals surface area contributed by atoms with Crippen LogP contribution < -0.4 is 5.19 Å². The van der Waals surface area contributed by atoms with E-state index in [0.717, 1.165) is 18.9 Å². The number of hydrogen-bond donors (Lipinski definition) is 0. The summed E-state index contributed by atoms with van der Waals surface area (Å²) in [6, 6.07) is 22.1. The van der Waals surface area contributed by atoms with Crippen molar-refractivity contribution in [3.8, 4) is 0 Å². The van der Waals surface area contributed by atoms with Crippen molar-refractivity contribution < 1.29 is 4.43 Å². The van der Waals surface area contributed by atoms with E-state index in [1.165, 1.54) is 10.8 Å². The van der Waals surface area contributed by atoms with Crippen molar-refractivity contribution in [3.05, 3.63) is 91.2 Å². The first kappa shape index (κ1) is 15.0. The van der Waals surface area contributed by atoms with Gasteiger partial charge in [-0.2, -0.15) is 0 Å². The maximum absolute atomic E-state index is 6.83. The van der Waals surface area contributed by atoms with Crippen LogP contribution in [0.1, 0.15) is 18.4 Å². The molecule has 2 atom stereocenters. The van der Waals surface area contributed by atoms with Gasteiger partial charge in [0.1, 0.15) is 5.60 Å². The summed E-state index contributed by atoms with van der Waals surface area (Å²) < 4.78 is 6.83. The molecule has 0 radical (unpaired) electrons. The van der Waals surface area contributed by atoms with Gasteiger partial charge in [-0.1, -0.05) is 79.0 Å². The van der Waals surface area contributed by atoms with Gasteiger partial charge >= 0.3 is 0 Å². The number of rotatable bonds is 4. The standard InChI is InChI=1S/C20H22OSi/c1-3-20(18-12-7-5-8-13-18)16-11-17-22(4-2,21-20)19-14-9-6-10-15-19/h3-10,12-15H,1-2,11,16-17H2. The molecule has 2 heteroatoms. The van der Waals surface area contributed by atoms with E-state index in [4.69, 9.17) is 4.43 Å². The maximum atomic E-state index is 6.83. The molecule has 1 fully saturated rings. The third kappa shape index (κ3) is 2.49. The first-order valence-corrected chi connectivity index (χ1v) is 10.0. The van der Waals surface area contributed by atoms with E-state index >= 15 is 0 Å². The average Bonchev–Trinajstić information content (AvgIpc) is 2.63. The largest absolute Gasteiger partial charge is 0.396 e. The van der Waals surface area contributed by atoms with Gasteiger partial charge in [0.25, 0.3) is 0 Å². The lowest BCUT2D eigenvalue weighted by atomic mass is 9.89. The van der Waals surface area contributed by atoms with Gasteiger partial charge in [-0.05, 0) is 29.6 Å². The van der Waals surface area contributed by atoms with Gasteiger partial charge in [-0.15, -0.1) is 6.58 Å². The molecule has 0 N–H and O–H groups in total. The molecule has 0 aliphatic carbocycles. The minimum Gasteiger partial charge on any atom is -0.396 e. The van der Waals surface area contributed by atoms with Crippen LogP contribution in [-0.4, -0.2) is 8.32 Å². The Balaban J connectivity index is 2.05. The summed E-state index contributed by atoms with van der Waals surface area (Å²) in [5.41, 5.74) is 2.89. The van der Waals surface area contributed by atoms with Crippen molar-refractivity contribution in [1.29, 1.82) is 0 Å². The van der Waals surface area contributed by atoms with Crippen LogP contribution in [0.4, 0.5) is 0 Å². The van der Waals surface area contributed by atoms with Crippen molar-refractivity contribution in [2.75, 3.05) is 0 Å². The van der Waals surface area contributed by atoms with Crippen LogP contribution in [0.2, 0.25) is 6.04 Å². The summed E-state index contributed by atoms with van der Waals surface area (Å²) >= 11 is 0. The zero-order chi connectivity index (χ0) is 15.5. The highest BCUT2D eigenvalue weighted by Crippen LogP contribution is 2.41. The third-order valence-corrected chi connectivity index (χ3v) is 8.44. The van der Waals surface area contributed by atoms with Crippen LogP contribution in [0.15, 0.2) is 85.6 Å². The normalized spacial score (nSPS) is 28.0. The summed E-state index contributed by atoms with van der Waals surface area (Å²) in [4.78, 5) is 0. The molecule has 2 aromatic carbocycles. The second-order valence-electron chi connectivity index (χ2n) is 5.87. The Morgan fingerprint density at radius 3 is 2.18 bits per heavy atom. The Morgan fingerprint density at radius 1 is 0.955 bits per heavy atom. The first-order chi connectivity index (χ1) is 10.7. The molecule has 3 rings (SSSR count). The zero-order valence-electron chi connectivity index (χ0n) is 12.9. The quantitative estimate of drug-likeness (QED) is 0.599. The fourth-order valence-corrected chi connectivity index (χ4v) is 6.85. The van der Waals surface area contributed by atoms with Crippen LogP contribution in [0.3, 0.4) is 0 Å². The summed E-state index contributed by atoms with van der Waals surface area (Å²) in [7, 11) is -2.18. The van der Waals surface area contributed by atoms with E-state index < -0.39 is 13.9 Å². The van der Waals surface area contributed by atoms with E-state index in [1.54, 1.807) is 0 Å². The Bertz CT molecular complexity index is 594. The number of benzene rings is 2. The lowest BCUT2D eigenvalue weighted by Crippen LogP contribution is -2.56. The van der Waals surface area contributed by atoms with Gasteiger partial charge in [0.2, 0.25) is 8.32 Å². The van der Waals surface area contributed by atoms with Crippen molar-refractivity contribution in [2.45, 2.75) is 24.5 Å². The molecule has 22 heavy (non-hydrogen) atoms. The Kier molecular flexibility index (Phi) is 4.14. The van der Waals surface area contributed by atoms with E-state index in [9.17, 15) is 0 Å². The van der Waals surface area contributed by atoms with Gasteiger partial charge in [0.15, 0.2) is 0 Å². The maximum Gasteiger partial charge on any atom is 0.249 e. The zero-order valence-corrected chi connectivity index (χ0v) is 13.9. The van der Waals surface area contributed by atoms with Crippen LogP contribution in [0.25, 0.3) is 0 Å². The molecule has 112 valence electrons. The molecule has 0 saturated carbocycles. The second-order valence-corrected chi connectivity index (χ2v) is 9.34. The Morgan fingerprint density at radius 2 is 1.59 bits per heavy atom. The molecule has 1 aliphatic rings. The SMILES string of the molecule is C=CC1(c2ccccc2)CCC[Si](C=C)(c2ccccc2)O1. The highest BCUT2D eigenvalue weighted by molar-refractivity contribution is 6.91. The summed E-state index contributed by atoms with van der Waals surface area (Å²) in [6.07, 6.45) is 4.10. The molecule has 1 heterocycles. The molecule has 1 nitrogen and oxygen atoms in total. The average molecular weight is 306 g/mol. The highest BCUT2D eigenvalue weighted by Gasteiger charge is 2.46. The Hall–Kier alpha value is -1.90. The molecule has 0 amide bonds. The molecule has 0 spiro atoms. The lowest BCUT2D eigenvalue weighted by molar-refractivity contribution is 0.0856. The third-order valence-electron chi connectivity index (χ3n) is 4.64. The topological polar surface area (TPSA) is 9.23 Å². The lowest BCUT2D eigenvalue weighted by Gasteiger charge is -2.45. The molecule has 2 aromatic rings. The minimum absolute atomic E-state index is 0.393. The van der Waals surface area contributed by atoms with E-state index in [2.05, 4.69) is 73.5 Å². The van der Waals surface area contributed by atoms with E-state index in [1.807, 2.05) is 12.1 Å².